The van der Waals surface area contributed by atoms with Crippen LogP contribution in [0.15, 0.2) is 30.3 Å². The number of carboxylic acid groups (broad SMARTS) is 1. The van der Waals surface area contributed by atoms with Crippen molar-refractivity contribution in [3.8, 4) is 0 Å². The average molecular weight is 472 g/mol. The maximum Gasteiger partial charge on any atom is 0.412 e. The molecule has 2 unspecified atom stereocenters. The van der Waals surface area contributed by atoms with Crippen LogP contribution < -0.4 is 5.32 Å². The fourth-order valence-corrected chi connectivity index (χ4v) is 5.17. The highest BCUT2D eigenvalue weighted by atomic mass is 19.4. The summed E-state index contributed by atoms with van der Waals surface area (Å²) in [4.78, 5) is 28.6. The molecule has 3 rings (SSSR count). The second-order valence-corrected chi connectivity index (χ2v) is 9.74. The van der Waals surface area contributed by atoms with Crippen molar-refractivity contribution in [2.45, 2.75) is 70.6 Å². The molecular formula is C23H32F3N3O4. The third kappa shape index (κ3) is 5.43. The molecule has 1 aromatic carbocycles. The minimum Gasteiger partial charge on any atom is -0.465 e. The minimum absolute atomic E-state index is 0.0122. The average Bonchev–Trinajstić information content (AvgIpc) is 3.11. The summed E-state index contributed by atoms with van der Waals surface area (Å²) in [6, 6.07) is 2.79. The smallest absolute Gasteiger partial charge is 0.412 e. The van der Waals surface area contributed by atoms with Crippen LogP contribution in [0, 0.1) is 5.41 Å². The van der Waals surface area contributed by atoms with E-state index in [1.165, 1.54) is 24.3 Å². The van der Waals surface area contributed by atoms with E-state index >= 15 is 0 Å². The standard InChI is InChI=1S/C23H32F3N3O4/c1-5-33-15-11-16-19(22(2,3)4)29(21(31)32)17(13-28(16)12-15)20(30)27-18(23(24,25)26)14-9-7-6-8-10-14/h6-10,15-19H,5,11-13H2,1-4H3,(H,27,30)(H,31,32)/t15-,16-,17+,18?,19?/m1/s1. The third-order valence-electron chi connectivity index (χ3n) is 6.38. The zero-order chi connectivity index (χ0) is 24.6. The zero-order valence-electron chi connectivity index (χ0n) is 19.3. The van der Waals surface area contributed by atoms with Crippen LogP contribution in [0.1, 0.15) is 45.7 Å². The molecule has 0 aliphatic carbocycles. The van der Waals surface area contributed by atoms with Crippen LogP contribution in [0.2, 0.25) is 0 Å². The summed E-state index contributed by atoms with van der Waals surface area (Å²) < 4.78 is 47.3. The first-order valence-electron chi connectivity index (χ1n) is 11.1. The highest BCUT2D eigenvalue weighted by molar-refractivity contribution is 5.86. The molecule has 0 bridgehead atoms. The molecule has 1 aromatic rings. The van der Waals surface area contributed by atoms with Crippen LogP contribution in [0.5, 0.6) is 0 Å². The lowest BCUT2D eigenvalue weighted by Gasteiger charge is -2.52. The number of rotatable bonds is 5. The van der Waals surface area contributed by atoms with Gasteiger partial charge in [-0.1, -0.05) is 51.1 Å². The van der Waals surface area contributed by atoms with Gasteiger partial charge in [0.15, 0.2) is 6.04 Å². The summed E-state index contributed by atoms with van der Waals surface area (Å²) in [5.41, 5.74) is -0.664. The first kappa shape index (κ1) is 25.3. The fraction of sp³-hybridized carbons (Fsp3) is 0.652. The molecule has 0 spiro atoms. The van der Waals surface area contributed by atoms with E-state index in [4.69, 9.17) is 4.74 Å². The van der Waals surface area contributed by atoms with Gasteiger partial charge in [-0.05, 0) is 24.3 Å². The largest absolute Gasteiger partial charge is 0.465 e. The van der Waals surface area contributed by atoms with Crippen molar-refractivity contribution in [3.63, 3.8) is 0 Å². The van der Waals surface area contributed by atoms with Crippen LogP contribution in [0.4, 0.5) is 18.0 Å². The summed E-state index contributed by atoms with van der Waals surface area (Å²) in [6.07, 6.45) is -5.57. The summed E-state index contributed by atoms with van der Waals surface area (Å²) in [6.45, 7) is 8.53. The highest BCUT2D eigenvalue weighted by Crippen LogP contribution is 2.40. The van der Waals surface area contributed by atoms with Gasteiger partial charge in [-0.15, -0.1) is 0 Å². The number of carbonyl (C=O) groups is 2. The van der Waals surface area contributed by atoms with Crippen molar-refractivity contribution < 1.29 is 32.6 Å². The lowest BCUT2D eigenvalue weighted by atomic mass is 9.78. The van der Waals surface area contributed by atoms with Gasteiger partial charge in [-0.25, -0.2) is 4.79 Å². The third-order valence-corrected chi connectivity index (χ3v) is 6.38. The molecule has 33 heavy (non-hydrogen) atoms. The molecule has 2 aliphatic heterocycles. The lowest BCUT2D eigenvalue weighted by molar-refractivity contribution is -0.166. The van der Waals surface area contributed by atoms with Crippen molar-refractivity contribution >= 4 is 12.0 Å². The summed E-state index contributed by atoms with van der Waals surface area (Å²) in [7, 11) is 0. The molecule has 184 valence electrons. The van der Waals surface area contributed by atoms with Gasteiger partial charge < -0.3 is 15.2 Å². The van der Waals surface area contributed by atoms with Gasteiger partial charge in [0.05, 0.1) is 12.1 Å². The molecule has 0 aromatic heterocycles. The van der Waals surface area contributed by atoms with E-state index in [-0.39, 0.29) is 24.3 Å². The van der Waals surface area contributed by atoms with Gasteiger partial charge in [0, 0.05) is 25.7 Å². The summed E-state index contributed by atoms with van der Waals surface area (Å²) in [5, 5.41) is 12.2. The molecule has 5 atom stereocenters. The molecule has 0 saturated carbocycles. The van der Waals surface area contributed by atoms with Crippen molar-refractivity contribution in [2.24, 2.45) is 5.41 Å². The fourth-order valence-electron chi connectivity index (χ4n) is 5.17. The molecule has 2 amide bonds. The molecule has 2 N–H and O–H groups in total. The number of halogens is 3. The second kappa shape index (κ2) is 9.50. The maximum atomic E-state index is 13.8. The molecule has 2 aliphatic rings. The Morgan fingerprint density at radius 2 is 1.82 bits per heavy atom. The summed E-state index contributed by atoms with van der Waals surface area (Å²) in [5.74, 6) is -0.962. The SMILES string of the molecule is CCO[C@@H]1C[C@@H]2C(C(C)(C)C)N(C(=O)O)[C@H](C(=O)NC(c3ccccc3)C(F)(F)F)CN2C1. The number of piperazine rings is 1. The highest BCUT2D eigenvalue weighted by Gasteiger charge is 2.55. The number of ether oxygens (including phenoxy) is 1. The van der Waals surface area contributed by atoms with Gasteiger partial charge in [0.2, 0.25) is 5.91 Å². The first-order chi connectivity index (χ1) is 15.3. The van der Waals surface area contributed by atoms with Crippen molar-refractivity contribution in [3.05, 3.63) is 35.9 Å². The van der Waals surface area contributed by atoms with E-state index in [0.29, 0.717) is 19.6 Å². The normalized spacial score (nSPS) is 27.2. The number of fused-ring (bicyclic) bond motifs is 1. The van der Waals surface area contributed by atoms with Crippen LogP contribution >= 0.6 is 0 Å². The monoisotopic (exact) mass is 471 g/mol. The molecule has 2 saturated heterocycles. The Kier molecular flexibility index (Phi) is 7.28. The molecule has 2 heterocycles. The van der Waals surface area contributed by atoms with Gasteiger partial charge in [-0.2, -0.15) is 13.2 Å². The van der Waals surface area contributed by atoms with Gasteiger partial charge in [0.1, 0.15) is 6.04 Å². The van der Waals surface area contributed by atoms with Gasteiger partial charge in [0.25, 0.3) is 0 Å². The van der Waals surface area contributed by atoms with E-state index in [2.05, 4.69) is 5.32 Å². The number of carbonyl (C=O) groups excluding carboxylic acids is 1. The Morgan fingerprint density at radius 3 is 2.33 bits per heavy atom. The number of benzene rings is 1. The maximum absolute atomic E-state index is 13.8. The molecule has 10 heteroatoms. The van der Waals surface area contributed by atoms with Crippen LogP contribution in [0.25, 0.3) is 0 Å². The van der Waals surface area contributed by atoms with Crippen LogP contribution in [-0.2, 0) is 9.53 Å². The number of nitrogens with one attached hydrogen (secondary N) is 1. The summed E-state index contributed by atoms with van der Waals surface area (Å²) >= 11 is 0. The molecule has 0 radical (unpaired) electrons. The van der Waals surface area contributed by atoms with Gasteiger partial charge in [-0.3, -0.25) is 14.6 Å². The van der Waals surface area contributed by atoms with Crippen molar-refractivity contribution in [1.82, 2.24) is 15.1 Å². The van der Waals surface area contributed by atoms with Crippen molar-refractivity contribution in [2.75, 3.05) is 19.7 Å². The number of alkyl halides is 3. The second-order valence-electron chi connectivity index (χ2n) is 9.74. The number of amides is 2. The number of hydrogen-bond acceptors (Lipinski definition) is 4. The molecule has 7 nitrogen and oxygen atoms in total. The van der Waals surface area contributed by atoms with Crippen LogP contribution in [-0.4, -0.2) is 77.0 Å². The Bertz CT molecular complexity index is 844. The van der Waals surface area contributed by atoms with Gasteiger partial charge >= 0.3 is 12.3 Å². The lowest BCUT2D eigenvalue weighted by Crippen LogP contribution is -2.70. The van der Waals surface area contributed by atoms with E-state index in [1.807, 2.05) is 32.6 Å². The minimum atomic E-state index is -4.74. The predicted octanol–water partition coefficient (Wildman–Crippen LogP) is 3.66. The van der Waals surface area contributed by atoms with E-state index in [1.54, 1.807) is 6.07 Å². The Labute approximate surface area is 191 Å². The first-order valence-corrected chi connectivity index (χ1v) is 11.1. The molecular weight excluding hydrogens is 439 g/mol. The van der Waals surface area contributed by atoms with Crippen molar-refractivity contribution in [1.29, 1.82) is 0 Å². The predicted molar refractivity (Wildman–Crippen MR) is 116 cm³/mol. The quantitative estimate of drug-likeness (QED) is 0.685. The Hall–Kier alpha value is -2.33. The topological polar surface area (TPSA) is 82.1 Å². The van der Waals surface area contributed by atoms with E-state index in [0.717, 1.165) is 4.90 Å². The molecule has 2 fully saturated rings. The van der Waals surface area contributed by atoms with Crippen LogP contribution in [0.3, 0.4) is 0 Å². The number of hydrogen-bond donors (Lipinski definition) is 2. The zero-order valence-corrected chi connectivity index (χ0v) is 19.3. The Morgan fingerprint density at radius 1 is 1.18 bits per heavy atom. The Balaban J connectivity index is 1.94. The van der Waals surface area contributed by atoms with E-state index in [9.17, 15) is 27.9 Å². The van der Waals surface area contributed by atoms with E-state index < -0.39 is 41.7 Å². The number of nitrogens with zero attached hydrogens (tertiary/aromatic N) is 2.